The third-order valence-electron chi connectivity index (χ3n) is 4.79. The van der Waals surface area contributed by atoms with Gasteiger partial charge in [0.25, 0.3) is 5.69 Å². The topological polar surface area (TPSA) is 100 Å². The van der Waals surface area contributed by atoms with Gasteiger partial charge in [0.2, 0.25) is 5.90 Å². The predicted molar refractivity (Wildman–Crippen MR) is 122 cm³/mol. The first-order chi connectivity index (χ1) is 16.3. The number of benzene rings is 3. The number of cyclic esters (lactones) is 1. The third-order valence-corrected chi connectivity index (χ3v) is 5.12. The summed E-state index contributed by atoms with van der Waals surface area (Å²) in [6.45, 7) is 0.137. The average molecular weight is 483 g/mol. The molecule has 0 saturated carbocycles. The predicted octanol–water partition coefficient (Wildman–Crippen LogP) is 5.32. The molecule has 0 unspecified atom stereocenters. The SMILES string of the molecule is COc1cc(/C=C2\N=C(c3cc([N+](=O)[O-])ccc3Cl)OC2=O)ccc1OCc1cccc(F)c1. The minimum absolute atomic E-state index is 0.0203. The van der Waals surface area contributed by atoms with Crippen LogP contribution in [-0.2, 0) is 16.1 Å². The van der Waals surface area contributed by atoms with E-state index in [0.29, 0.717) is 22.6 Å². The second-order valence-corrected chi connectivity index (χ2v) is 7.49. The molecular formula is C24H16ClFN2O6. The van der Waals surface area contributed by atoms with Crippen molar-refractivity contribution in [3.8, 4) is 11.5 Å². The van der Waals surface area contributed by atoms with Crippen molar-refractivity contribution in [2.45, 2.75) is 6.61 Å². The van der Waals surface area contributed by atoms with E-state index in [-0.39, 0.29) is 40.3 Å². The molecule has 1 aliphatic rings. The van der Waals surface area contributed by atoms with Crippen LogP contribution in [0.15, 0.2) is 71.4 Å². The molecule has 34 heavy (non-hydrogen) atoms. The van der Waals surface area contributed by atoms with Gasteiger partial charge in [-0.05, 0) is 47.5 Å². The van der Waals surface area contributed by atoms with Crippen molar-refractivity contribution in [1.82, 2.24) is 0 Å². The van der Waals surface area contributed by atoms with Gasteiger partial charge in [-0.3, -0.25) is 10.1 Å². The lowest BCUT2D eigenvalue weighted by Crippen LogP contribution is -2.06. The van der Waals surface area contributed by atoms with Gasteiger partial charge in [-0.15, -0.1) is 0 Å². The molecule has 1 aliphatic heterocycles. The van der Waals surface area contributed by atoms with E-state index in [9.17, 15) is 19.3 Å². The number of ether oxygens (including phenoxy) is 3. The van der Waals surface area contributed by atoms with Gasteiger partial charge in [-0.2, -0.15) is 0 Å². The summed E-state index contributed by atoms with van der Waals surface area (Å²) in [4.78, 5) is 26.9. The maximum atomic E-state index is 13.4. The second kappa shape index (κ2) is 9.72. The maximum Gasteiger partial charge on any atom is 0.363 e. The van der Waals surface area contributed by atoms with E-state index in [1.165, 1.54) is 43.5 Å². The number of non-ortho nitro benzene ring substituents is 1. The second-order valence-electron chi connectivity index (χ2n) is 7.09. The van der Waals surface area contributed by atoms with Crippen LogP contribution in [0.25, 0.3) is 6.08 Å². The Morgan fingerprint density at radius 1 is 1.15 bits per heavy atom. The zero-order valence-electron chi connectivity index (χ0n) is 17.7. The van der Waals surface area contributed by atoms with Crippen LogP contribution in [-0.4, -0.2) is 23.9 Å². The highest BCUT2D eigenvalue weighted by Gasteiger charge is 2.27. The molecule has 3 aromatic carbocycles. The van der Waals surface area contributed by atoms with Crippen LogP contribution in [0.5, 0.6) is 11.5 Å². The van der Waals surface area contributed by atoms with E-state index in [0.717, 1.165) is 0 Å². The highest BCUT2D eigenvalue weighted by atomic mass is 35.5. The molecule has 0 bridgehead atoms. The minimum Gasteiger partial charge on any atom is -0.493 e. The summed E-state index contributed by atoms with van der Waals surface area (Å²) in [6, 6.07) is 14.8. The Hall–Kier alpha value is -4.24. The van der Waals surface area contributed by atoms with E-state index < -0.39 is 10.9 Å². The van der Waals surface area contributed by atoms with Crippen molar-refractivity contribution >= 4 is 35.2 Å². The molecule has 0 spiro atoms. The van der Waals surface area contributed by atoms with Crippen molar-refractivity contribution in [3.05, 3.63) is 104 Å². The zero-order valence-corrected chi connectivity index (χ0v) is 18.4. The van der Waals surface area contributed by atoms with Gasteiger partial charge in [0, 0.05) is 12.1 Å². The lowest BCUT2D eigenvalue weighted by molar-refractivity contribution is -0.384. The van der Waals surface area contributed by atoms with Crippen molar-refractivity contribution in [2.75, 3.05) is 7.11 Å². The molecule has 0 amide bonds. The lowest BCUT2D eigenvalue weighted by atomic mass is 10.1. The van der Waals surface area contributed by atoms with Gasteiger partial charge < -0.3 is 14.2 Å². The number of carbonyl (C=O) groups is 1. The van der Waals surface area contributed by atoms with Crippen LogP contribution in [0.4, 0.5) is 10.1 Å². The summed E-state index contributed by atoms with van der Waals surface area (Å²) < 4.78 is 29.6. The number of rotatable bonds is 7. The Morgan fingerprint density at radius 3 is 2.71 bits per heavy atom. The molecule has 1 heterocycles. The maximum absolute atomic E-state index is 13.4. The van der Waals surface area contributed by atoms with Crippen molar-refractivity contribution < 1.29 is 28.3 Å². The van der Waals surface area contributed by atoms with E-state index in [4.69, 9.17) is 25.8 Å². The Balaban J connectivity index is 1.57. The number of nitro groups is 1. The molecule has 0 fully saturated rings. The molecule has 0 radical (unpaired) electrons. The molecule has 0 saturated heterocycles. The summed E-state index contributed by atoms with van der Waals surface area (Å²) in [6.07, 6.45) is 1.47. The first-order valence-corrected chi connectivity index (χ1v) is 10.2. The zero-order chi connectivity index (χ0) is 24.2. The van der Waals surface area contributed by atoms with Crippen LogP contribution in [0.3, 0.4) is 0 Å². The van der Waals surface area contributed by atoms with Gasteiger partial charge in [0.1, 0.15) is 12.4 Å². The number of esters is 1. The van der Waals surface area contributed by atoms with Crippen LogP contribution in [0, 0.1) is 15.9 Å². The first-order valence-electron chi connectivity index (χ1n) is 9.86. The number of hydrogen-bond donors (Lipinski definition) is 0. The number of aliphatic imine (C=N–C) groups is 1. The highest BCUT2D eigenvalue weighted by Crippen LogP contribution is 2.31. The quantitative estimate of drug-likeness (QED) is 0.195. The first kappa shape index (κ1) is 22.9. The van der Waals surface area contributed by atoms with E-state index >= 15 is 0 Å². The van der Waals surface area contributed by atoms with Crippen molar-refractivity contribution in [3.63, 3.8) is 0 Å². The summed E-state index contributed by atoms with van der Waals surface area (Å²) in [5.41, 5.74) is 1.12. The Morgan fingerprint density at radius 2 is 1.97 bits per heavy atom. The molecular weight excluding hydrogens is 467 g/mol. The monoisotopic (exact) mass is 482 g/mol. The smallest absolute Gasteiger partial charge is 0.363 e. The van der Waals surface area contributed by atoms with E-state index in [2.05, 4.69) is 4.99 Å². The number of hydrogen-bond acceptors (Lipinski definition) is 7. The Bertz CT molecular complexity index is 1360. The largest absolute Gasteiger partial charge is 0.493 e. The number of nitrogens with zero attached hydrogens (tertiary/aromatic N) is 2. The van der Waals surface area contributed by atoms with E-state index in [1.807, 2.05) is 0 Å². The molecule has 0 N–H and O–H groups in total. The minimum atomic E-state index is -0.733. The molecule has 0 aliphatic carbocycles. The lowest BCUT2D eigenvalue weighted by Gasteiger charge is -2.11. The number of methoxy groups -OCH3 is 1. The van der Waals surface area contributed by atoms with Gasteiger partial charge >= 0.3 is 5.97 Å². The van der Waals surface area contributed by atoms with Crippen LogP contribution < -0.4 is 9.47 Å². The molecule has 3 aromatic rings. The highest BCUT2D eigenvalue weighted by molar-refractivity contribution is 6.34. The molecule has 4 rings (SSSR count). The Kier molecular flexibility index (Phi) is 6.55. The summed E-state index contributed by atoms with van der Waals surface area (Å²) in [5, 5.41) is 11.2. The van der Waals surface area contributed by atoms with Crippen molar-refractivity contribution in [1.29, 1.82) is 0 Å². The fraction of sp³-hybridized carbons (Fsp3) is 0.0833. The van der Waals surface area contributed by atoms with Gasteiger partial charge in [0.05, 0.1) is 22.6 Å². The van der Waals surface area contributed by atoms with Crippen molar-refractivity contribution in [2.24, 2.45) is 4.99 Å². The summed E-state index contributed by atoms with van der Waals surface area (Å²) in [5.74, 6) is -0.404. The standard InChI is InChI=1S/C24H16ClFN2O6/c1-32-22-11-14(5-8-21(22)33-13-15-3-2-4-16(26)9-15)10-20-24(29)34-23(27-20)18-12-17(28(30)31)6-7-19(18)25/h2-12H,13H2,1H3/b20-10-. The van der Waals surface area contributed by atoms with Gasteiger partial charge in [0.15, 0.2) is 17.2 Å². The number of nitro benzene ring substituents is 1. The van der Waals surface area contributed by atoms with Crippen LogP contribution in [0.2, 0.25) is 5.02 Å². The number of halogens is 2. The van der Waals surface area contributed by atoms with Gasteiger partial charge in [-0.1, -0.05) is 29.8 Å². The molecule has 10 heteroatoms. The van der Waals surface area contributed by atoms with Crippen LogP contribution >= 0.6 is 11.6 Å². The molecule has 0 atom stereocenters. The summed E-state index contributed by atoms with van der Waals surface area (Å²) in [7, 11) is 1.46. The molecule has 172 valence electrons. The fourth-order valence-electron chi connectivity index (χ4n) is 3.15. The molecule has 8 nitrogen and oxygen atoms in total. The molecule has 0 aromatic heterocycles. The normalized spacial score (nSPS) is 14.0. The number of carbonyl (C=O) groups excluding carboxylic acids is 1. The van der Waals surface area contributed by atoms with Crippen LogP contribution in [0.1, 0.15) is 16.7 Å². The third kappa shape index (κ3) is 5.05. The van der Waals surface area contributed by atoms with E-state index in [1.54, 1.807) is 30.3 Å². The van der Waals surface area contributed by atoms with Gasteiger partial charge in [-0.25, -0.2) is 14.2 Å². The summed E-state index contributed by atoms with van der Waals surface area (Å²) >= 11 is 6.11. The fourth-order valence-corrected chi connectivity index (χ4v) is 3.35. The average Bonchev–Trinajstić information content (AvgIpc) is 3.18. The Labute approximate surface area is 198 Å².